The summed E-state index contributed by atoms with van der Waals surface area (Å²) >= 11 is 0. The number of benzene rings is 2. The van der Waals surface area contributed by atoms with Crippen molar-refractivity contribution >= 4 is 0 Å². The first-order chi connectivity index (χ1) is 9.61. The van der Waals surface area contributed by atoms with Crippen LogP contribution in [0.3, 0.4) is 0 Å². The predicted molar refractivity (Wildman–Crippen MR) is 74.4 cm³/mol. The van der Waals surface area contributed by atoms with Crippen LogP contribution < -0.4 is 9.47 Å². The van der Waals surface area contributed by atoms with Crippen LogP contribution in [-0.2, 0) is 6.61 Å². The van der Waals surface area contributed by atoms with E-state index in [9.17, 15) is 9.50 Å². The summed E-state index contributed by atoms with van der Waals surface area (Å²) in [6.45, 7) is 1.94. The summed E-state index contributed by atoms with van der Waals surface area (Å²) in [6.07, 6.45) is -0.659. The van der Waals surface area contributed by atoms with Gasteiger partial charge in [-0.1, -0.05) is 24.3 Å². The van der Waals surface area contributed by atoms with Gasteiger partial charge in [0.25, 0.3) is 0 Å². The van der Waals surface area contributed by atoms with Crippen LogP contribution in [0.2, 0.25) is 0 Å². The van der Waals surface area contributed by atoms with Crippen LogP contribution in [-0.4, -0.2) is 12.2 Å². The van der Waals surface area contributed by atoms with Crippen LogP contribution in [0.25, 0.3) is 0 Å². The first-order valence-electron chi connectivity index (χ1n) is 6.34. The lowest BCUT2D eigenvalue weighted by Crippen LogP contribution is -2.03. The molecule has 0 aliphatic carbocycles. The van der Waals surface area contributed by atoms with Crippen molar-refractivity contribution in [2.24, 2.45) is 0 Å². The molecule has 0 fully saturated rings. The first-order valence-corrected chi connectivity index (χ1v) is 6.34. The zero-order valence-corrected chi connectivity index (χ0v) is 11.5. The van der Waals surface area contributed by atoms with E-state index >= 15 is 0 Å². The summed E-state index contributed by atoms with van der Waals surface area (Å²) in [5.74, 6) is 0.788. The molecule has 0 saturated carbocycles. The van der Waals surface area contributed by atoms with E-state index in [0.717, 1.165) is 5.56 Å². The van der Waals surface area contributed by atoms with Gasteiger partial charge < -0.3 is 14.6 Å². The van der Waals surface area contributed by atoms with Gasteiger partial charge in [-0.3, -0.25) is 0 Å². The number of hydrogen-bond donors (Lipinski definition) is 1. The largest absolute Gasteiger partial charge is 0.493 e. The Morgan fingerprint density at radius 3 is 2.45 bits per heavy atom. The average molecular weight is 276 g/mol. The summed E-state index contributed by atoms with van der Waals surface area (Å²) in [6, 6.07) is 11.4. The Hall–Kier alpha value is -2.07. The molecule has 0 aliphatic rings. The molecule has 0 radical (unpaired) electrons. The fourth-order valence-electron chi connectivity index (χ4n) is 1.91. The quantitative estimate of drug-likeness (QED) is 0.908. The van der Waals surface area contributed by atoms with Gasteiger partial charge in [0.2, 0.25) is 0 Å². The van der Waals surface area contributed by atoms with Crippen molar-refractivity contribution in [1.82, 2.24) is 0 Å². The molecule has 0 saturated heterocycles. The van der Waals surface area contributed by atoms with Crippen LogP contribution in [0.15, 0.2) is 42.5 Å². The van der Waals surface area contributed by atoms with Gasteiger partial charge in [-0.2, -0.15) is 0 Å². The van der Waals surface area contributed by atoms with Gasteiger partial charge in [0, 0.05) is 5.56 Å². The summed E-state index contributed by atoms with van der Waals surface area (Å²) in [5, 5.41) is 9.77. The molecule has 0 heterocycles. The van der Waals surface area contributed by atoms with Crippen LogP contribution in [0.1, 0.15) is 24.2 Å². The topological polar surface area (TPSA) is 38.7 Å². The molecule has 0 aromatic heterocycles. The first kappa shape index (κ1) is 14.3. The van der Waals surface area contributed by atoms with E-state index in [0.29, 0.717) is 17.1 Å². The van der Waals surface area contributed by atoms with Crippen molar-refractivity contribution in [2.75, 3.05) is 7.11 Å². The number of methoxy groups -OCH3 is 1. The van der Waals surface area contributed by atoms with Gasteiger partial charge in [0.1, 0.15) is 12.4 Å². The van der Waals surface area contributed by atoms with Crippen molar-refractivity contribution in [3.05, 3.63) is 59.4 Å². The van der Waals surface area contributed by atoms with Crippen molar-refractivity contribution in [3.63, 3.8) is 0 Å². The number of aliphatic hydroxyl groups is 1. The van der Waals surface area contributed by atoms with Crippen molar-refractivity contribution in [2.45, 2.75) is 19.6 Å². The van der Waals surface area contributed by atoms with E-state index in [1.165, 1.54) is 12.1 Å². The maximum Gasteiger partial charge on any atom is 0.167 e. The Bertz CT molecular complexity index is 564. The molecule has 2 aromatic rings. The molecule has 2 aromatic carbocycles. The second-order valence-corrected chi connectivity index (χ2v) is 4.47. The lowest BCUT2D eigenvalue weighted by molar-refractivity contribution is 0.188. The minimum atomic E-state index is -0.659. The third-order valence-corrected chi connectivity index (χ3v) is 2.98. The number of rotatable bonds is 5. The lowest BCUT2D eigenvalue weighted by Gasteiger charge is -2.16. The van der Waals surface area contributed by atoms with E-state index in [1.807, 2.05) is 0 Å². The molecular formula is C16H17FO3. The smallest absolute Gasteiger partial charge is 0.167 e. The Kier molecular flexibility index (Phi) is 4.58. The van der Waals surface area contributed by atoms with E-state index < -0.39 is 6.10 Å². The molecule has 0 spiro atoms. The summed E-state index contributed by atoms with van der Waals surface area (Å²) in [7, 11) is 1.55. The third-order valence-electron chi connectivity index (χ3n) is 2.98. The minimum absolute atomic E-state index is 0.278. The van der Waals surface area contributed by atoms with Gasteiger partial charge in [-0.25, -0.2) is 4.39 Å². The molecular weight excluding hydrogens is 259 g/mol. The number of halogens is 1. The minimum Gasteiger partial charge on any atom is -0.493 e. The van der Waals surface area contributed by atoms with E-state index in [4.69, 9.17) is 9.47 Å². The lowest BCUT2D eigenvalue weighted by atomic mass is 10.1. The third kappa shape index (κ3) is 3.27. The molecule has 0 aliphatic heterocycles. The molecule has 2 rings (SSSR count). The number of aliphatic hydroxyl groups excluding tert-OH is 1. The monoisotopic (exact) mass is 276 g/mol. The molecule has 1 unspecified atom stereocenters. The normalized spacial score (nSPS) is 12.0. The average Bonchev–Trinajstić information content (AvgIpc) is 2.46. The SMILES string of the molecule is COc1cccc(C(C)O)c1OCc1ccc(F)cc1. The van der Waals surface area contributed by atoms with Crippen LogP contribution in [0.5, 0.6) is 11.5 Å². The summed E-state index contributed by atoms with van der Waals surface area (Å²) < 4.78 is 23.8. The van der Waals surface area contributed by atoms with Gasteiger partial charge in [-0.15, -0.1) is 0 Å². The maximum absolute atomic E-state index is 12.8. The Morgan fingerprint density at radius 2 is 1.85 bits per heavy atom. The van der Waals surface area contributed by atoms with Gasteiger partial charge in [0.15, 0.2) is 11.5 Å². The highest BCUT2D eigenvalue weighted by molar-refractivity contribution is 5.47. The molecule has 1 N–H and O–H groups in total. The highest BCUT2D eigenvalue weighted by atomic mass is 19.1. The molecule has 20 heavy (non-hydrogen) atoms. The molecule has 4 heteroatoms. The highest BCUT2D eigenvalue weighted by Gasteiger charge is 2.14. The molecule has 0 bridgehead atoms. The van der Waals surface area contributed by atoms with Crippen LogP contribution >= 0.6 is 0 Å². The highest BCUT2D eigenvalue weighted by Crippen LogP contribution is 2.35. The zero-order valence-electron chi connectivity index (χ0n) is 11.5. The second kappa shape index (κ2) is 6.39. The van der Waals surface area contributed by atoms with Gasteiger partial charge in [0.05, 0.1) is 13.2 Å². The predicted octanol–water partition coefficient (Wildman–Crippen LogP) is 3.47. The van der Waals surface area contributed by atoms with Crippen molar-refractivity contribution < 1.29 is 19.0 Å². The summed E-state index contributed by atoms with van der Waals surface area (Å²) in [5.41, 5.74) is 1.50. The Balaban J connectivity index is 2.21. The van der Waals surface area contributed by atoms with Gasteiger partial charge >= 0.3 is 0 Å². The van der Waals surface area contributed by atoms with E-state index in [1.54, 1.807) is 44.4 Å². The van der Waals surface area contributed by atoms with Crippen LogP contribution in [0, 0.1) is 5.82 Å². The van der Waals surface area contributed by atoms with E-state index in [-0.39, 0.29) is 12.4 Å². The maximum atomic E-state index is 12.8. The standard InChI is InChI=1S/C16H17FO3/c1-11(18)14-4-3-5-15(19-2)16(14)20-10-12-6-8-13(17)9-7-12/h3-9,11,18H,10H2,1-2H3. The molecule has 106 valence electrons. The second-order valence-electron chi connectivity index (χ2n) is 4.47. The number of hydrogen-bond acceptors (Lipinski definition) is 3. The molecule has 1 atom stereocenters. The number of para-hydroxylation sites is 1. The molecule has 0 amide bonds. The molecule has 3 nitrogen and oxygen atoms in total. The fraction of sp³-hybridized carbons (Fsp3) is 0.250. The van der Waals surface area contributed by atoms with Crippen molar-refractivity contribution in [3.8, 4) is 11.5 Å². The Morgan fingerprint density at radius 1 is 1.15 bits per heavy atom. The number of ether oxygens (including phenoxy) is 2. The summed E-state index contributed by atoms with van der Waals surface area (Å²) in [4.78, 5) is 0. The Labute approximate surface area is 117 Å². The fourth-order valence-corrected chi connectivity index (χ4v) is 1.91. The van der Waals surface area contributed by atoms with Crippen LogP contribution in [0.4, 0.5) is 4.39 Å². The van der Waals surface area contributed by atoms with Gasteiger partial charge in [-0.05, 0) is 30.7 Å². The zero-order chi connectivity index (χ0) is 14.5. The van der Waals surface area contributed by atoms with Crippen molar-refractivity contribution in [1.29, 1.82) is 0 Å². The van der Waals surface area contributed by atoms with E-state index in [2.05, 4.69) is 0 Å².